The zero-order chi connectivity index (χ0) is 14.8. The molecule has 0 spiro atoms. The predicted octanol–water partition coefficient (Wildman–Crippen LogP) is 3.76. The first-order valence-corrected chi connectivity index (χ1v) is 7.09. The molecule has 0 fully saturated rings. The fourth-order valence-corrected chi connectivity index (χ4v) is 2.55. The van der Waals surface area contributed by atoms with Crippen LogP contribution in [0.15, 0.2) is 54.7 Å². The van der Waals surface area contributed by atoms with E-state index >= 15 is 0 Å². The van der Waals surface area contributed by atoms with E-state index < -0.39 is 0 Å². The maximum absolute atomic E-state index is 12.4. The number of carbonyl (C=O) groups excluding carboxylic acids is 1. The number of para-hydroxylation sites is 1. The number of aromatic nitrogens is 1. The summed E-state index contributed by atoms with van der Waals surface area (Å²) in [6.45, 7) is 0.483. The van der Waals surface area contributed by atoms with Gasteiger partial charge in [-0.2, -0.15) is 0 Å². The first-order chi connectivity index (χ1) is 10.1. The third-order valence-electron chi connectivity index (χ3n) is 3.51. The molecule has 0 aliphatic carbocycles. The molecular formula is C17H15ClN2O. The average molecular weight is 299 g/mol. The zero-order valence-corrected chi connectivity index (χ0v) is 12.4. The minimum absolute atomic E-state index is 0.0719. The van der Waals surface area contributed by atoms with Crippen LogP contribution < -0.4 is 5.32 Å². The van der Waals surface area contributed by atoms with Gasteiger partial charge in [-0.3, -0.25) is 4.79 Å². The summed E-state index contributed by atoms with van der Waals surface area (Å²) in [5, 5.41) is 4.71. The maximum Gasteiger partial charge on any atom is 0.253 e. The molecule has 0 bridgehead atoms. The van der Waals surface area contributed by atoms with Crippen molar-refractivity contribution in [2.75, 3.05) is 0 Å². The minimum atomic E-state index is -0.0719. The largest absolute Gasteiger partial charge is 0.350 e. The summed E-state index contributed by atoms with van der Waals surface area (Å²) < 4.78 is 1.96. The number of nitrogens with zero attached hydrogens (tertiary/aromatic N) is 1. The molecule has 3 nitrogen and oxygen atoms in total. The van der Waals surface area contributed by atoms with Gasteiger partial charge in [0.15, 0.2) is 0 Å². The van der Waals surface area contributed by atoms with Crippen LogP contribution in [0.4, 0.5) is 0 Å². The van der Waals surface area contributed by atoms with Crippen molar-refractivity contribution in [1.29, 1.82) is 0 Å². The van der Waals surface area contributed by atoms with Crippen molar-refractivity contribution in [1.82, 2.24) is 9.88 Å². The van der Waals surface area contributed by atoms with E-state index in [-0.39, 0.29) is 5.91 Å². The first-order valence-electron chi connectivity index (χ1n) is 6.72. The lowest BCUT2D eigenvalue weighted by Crippen LogP contribution is -2.23. The fraction of sp³-hybridized carbons (Fsp3) is 0.118. The molecule has 21 heavy (non-hydrogen) atoms. The number of amides is 1. The molecule has 1 heterocycles. The van der Waals surface area contributed by atoms with Crippen LogP contribution in [0, 0.1) is 0 Å². The smallest absolute Gasteiger partial charge is 0.253 e. The predicted molar refractivity (Wildman–Crippen MR) is 85.5 cm³/mol. The highest BCUT2D eigenvalue weighted by Crippen LogP contribution is 2.19. The quantitative estimate of drug-likeness (QED) is 0.785. The fourth-order valence-electron chi connectivity index (χ4n) is 2.42. The molecule has 0 unspecified atom stereocenters. The number of fused-ring (bicyclic) bond motifs is 1. The van der Waals surface area contributed by atoms with Crippen LogP contribution in [0.25, 0.3) is 10.9 Å². The highest BCUT2D eigenvalue weighted by atomic mass is 35.5. The van der Waals surface area contributed by atoms with Crippen LogP contribution in [0.5, 0.6) is 0 Å². The summed E-state index contributed by atoms with van der Waals surface area (Å²) >= 11 is 5.85. The van der Waals surface area contributed by atoms with Gasteiger partial charge in [0.1, 0.15) is 0 Å². The van der Waals surface area contributed by atoms with Crippen LogP contribution in [0.1, 0.15) is 15.9 Å². The van der Waals surface area contributed by atoms with Gasteiger partial charge in [-0.25, -0.2) is 0 Å². The van der Waals surface area contributed by atoms with Gasteiger partial charge < -0.3 is 9.88 Å². The first kappa shape index (κ1) is 13.7. The van der Waals surface area contributed by atoms with Crippen LogP contribution in [0.2, 0.25) is 5.02 Å². The molecule has 3 rings (SSSR count). The number of hydrogen-bond donors (Lipinski definition) is 1. The number of halogens is 1. The number of benzene rings is 2. The Morgan fingerprint density at radius 1 is 1.14 bits per heavy atom. The average Bonchev–Trinajstić information content (AvgIpc) is 2.88. The molecule has 0 saturated carbocycles. The van der Waals surface area contributed by atoms with E-state index in [0.717, 1.165) is 16.5 Å². The van der Waals surface area contributed by atoms with Crippen molar-refractivity contribution < 1.29 is 4.79 Å². The van der Waals surface area contributed by atoms with E-state index in [1.54, 1.807) is 0 Å². The minimum Gasteiger partial charge on any atom is -0.350 e. The topological polar surface area (TPSA) is 34.0 Å². The number of hydrogen-bond acceptors (Lipinski definition) is 1. The Bertz CT molecular complexity index is 790. The van der Waals surface area contributed by atoms with Gasteiger partial charge >= 0.3 is 0 Å². The van der Waals surface area contributed by atoms with E-state index in [0.29, 0.717) is 17.1 Å². The Hall–Kier alpha value is -2.26. The number of nitrogens with one attached hydrogen (secondary N) is 1. The van der Waals surface area contributed by atoms with Gasteiger partial charge in [-0.05, 0) is 29.8 Å². The van der Waals surface area contributed by atoms with Crippen LogP contribution in [-0.4, -0.2) is 10.5 Å². The van der Waals surface area contributed by atoms with E-state index in [1.165, 1.54) is 0 Å². The van der Waals surface area contributed by atoms with Crippen molar-refractivity contribution in [3.63, 3.8) is 0 Å². The molecular weight excluding hydrogens is 284 g/mol. The molecule has 106 valence electrons. The van der Waals surface area contributed by atoms with Gasteiger partial charge in [-0.15, -0.1) is 0 Å². The monoisotopic (exact) mass is 298 g/mol. The van der Waals surface area contributed by atoms with E-state index in [9.17, 15) is 4.79 Å². The highest BCUT2D eigenvalue weighted by molar-refractivity contribution is 6.30. The van der Waals surface area contributed by atoms with Gasteiger partial charge in [0.2, 0.25) is 0 Å². The summed E-state index contributed by atoms with van der Waals surface area (Å²) in [6, 6.07) is 15.2. The molecule has 4 heteroatoms. The lowest BCUT2D eigenvalue weighted by molar-refractivity contribution is 0.0952. The SMILES string of the molecule is Cn1ccc2cccc(C(=O)NCc3ccc(Cl)cc3)c21. The van der Waals surface area contributed by atoms with Crippen molar-refractivity contribution in [2.45, 2.75) is 6.54 Å². The Morgan fingerprint density at radius 2 is 1.90 bits per heavy atom. The number of carbonyl (C=O) groups is 1. The molecule has 0 aliphatic heterocycles. The maximum atomic E-state index is 12.4. The van der Waals surface area contributed by atoms with E-state index in [2.05, 4.69) is 5.32 Å². The molecule has 0 atom stereocenters. The summed E-state index contributed by atoms with van der Waals surface area (Å²) in [6.07, 6.45) is 1.96. The summed E-state index contributed by atoms with van der Waals surface area (Å²) in [5.74, 6) is -0.0719. The van der Waals surface area contributed by atoms with Crippen molar-refractivity contribution in [3.05, 3.63) is 70.9 Å². The van der Waals surface area contributed by atoms with Crippen LogP contribution in [0.3, 0.4) is 0 Å². The van der Waals surface area contributed by atoms with Crippen molar-refractivity contribution >= 4 is 28.4 Å². The van der Waals surface area contributed by atoms with Gasteiger partial charge in [-0.1, -0.05) is 35.9 Å². The standard InChI is InChI=1S/C17H15ClN2O/c1-20-10-9-13-3-2-4-15(16(13)20)17(21)19-11-12-5-7-14(18)8-6-12/h2-10H,11H2,1H3,(H,19,21). The Morgan fingerprint density at radius 3 is 2.67 bits per heavy atom. The van der Waals surface area contributed by atoms with Gasteiger partial charge in [0, 0.05) is 30.2 Å². The second-order valence-corrected chi connectivity index (χ2v) is 5.42. The molecule has 3 aromatic rings. The molecule has 1 N–H and O–H groups in total. The van der Waals surface area contributed by atoms with Gasteiger partial charge in [0.05, 0.1) is 11.1 Å². The third-order valence-corrected chi connectivity index (χ3v) is 3.76. The molecule has 1 aromatic heterocycles. The molecule has 2 aromatic carbocycles. The molecule has 0 aliphatic rings. The number of aryl methyl sites for hydroxylation is 1. The Kier molecular flexibility index (Phi) is 3.67. The van der Waals surface area contributed by atoms with Crippen molar-refractivity contribution in [2.24, 2.45) is 7.05 Å². The lowest BCUT2D eigenvalue weighted by atomic mass is 10.1. The summed E-state index contributed by atoms with van der Waals surface area (Å²) in [5.41, 5.74) is 2.66. The second kappa shape index (κ2) is 5.62. The molecule has 0 saturated heterocycles. The van der Waals surface area contributed by atoms with Crippen LogP contribution >= 0.6 is 11.6 Å². The van der Waals surface area contributed by atoms with E-state index in [4.69, 9.17) is 11.6 Å². The van der Waals surface area contributed by atoms with Crippen LogP contribution in [-0.2, 0) is 13.6 Å². The van der Waals surface area contributed by atoms with Gasteiger partial charge in [0.25, 0.3) is 5.91 Å². The second-order valence-electron chi connectivity index (χ2n) is 4.98. The lowest BCUT2D eigenvalue weighted by Gasteiger charge is -2.08. The number of rotatable bonds is 3. The highest BCUT2D eigenvalue weighted by Gasteiger charge is 2.11. The zero-order valence-electron chi connectivity index (χ0n) is 11.6. The van der Waals surface area contributed by atoms with Crippen molar-refractivity contribution in [3.8, 4) is 0 Å². The Labute approximate surface area is 128 Å². The molecule has 0 radical (unpaired) electrons. The Balaban J connectivity index is 1.81. The summed E-state index contributed by atoms with van der Waals surface area (Å²) in [7, 11) is 1.94. The molecule has 1 amide bonds. The normalized spacial score (nSPS) is 10.8. The van der Waals surface area contributed by atoms with E-state index in [1.807, 2.05) is 66.3 Å². The summed E-state index contributed by atoms with van der Waals surface area (Å²) in [4.78, 5) is 12.4. The third kappa shape index (κ3) is 2.78.